The van der Waals surface area contributed by atoms with Gasteiger partial charge in [0.1, 0.15) is 26.4 Å². The molecule has 0 aliphatic heterocycles. The van der Waals surface area contributed by atoms with Crippen molar-refractivity contribution >= 4 is 28.0 Å². The molecule has 4 atom stereocenters. The van der Waals surface area contributed by atoms with Crippen LogP contribution in [0, 0.1) is 16.2 Å². The van der Waals surface area contributed by atoms with Crippen LogP contribution in [-0.4, -0.2) is 108 Å². The smallest absolute Gasteiger partial charge is 0.312 e. The van der Waals surface area contributed by atoms with Crippen LogP contribution in [0.2, 0.25) is 0 Å². The van der Waals surface area contributed by atoms with Gasteiger partial charge < -0.3 is 29.2 Å². The number of carbonyl (C=O) groups is 3. The lowest BCUT2D eigenvalue weighted by molar-refractivity contribution is -0.890. The highest BCUT2D eigenvalue weighted by molar-refractivity contribution is 7.85. The molecule has 0 aliphatic carbocycles. The Morgan fingerprint density at radius 2 is 1.47 bits per heavy atom. The summed E-state index contributed by atoms with van der Waals surface area (Å²) >= 11 is 0. The van der Waals surface area contributed by atoms with E-state index < -0.39 is 44.3 Å². The monoisotopic (exact) mass is 742 g/mol. The summed E-state index contributed by atoms with van der Waals surface area (Å²) in [6.45, 7) is 10.3. The van der Waals surface area contributed by atoms with Crippen LogP contribution in [0.5, 0.6) is 0 Å². The lowest BCUT2D eigenvalue weighted by Gasteiger charge is -2.41. The van der Waals surface area contributed by atoms with Gasteiger partial charge in [-0.05, 0) is 69.0 Å². The van der Waals surface area contributed by atoms with Crippen molar-refractivity contribution in [3.05, 3.63) is 45.8 Å². The lowest BCUT2D eigenvalue weighted by atomic mass is 9.62. The molecule has 0 heterocycles. The van der Waals surface area contributed by atoms with E-state index in [9.17, 15) is 22.8 Å². The predicted molar refractivity (Wildman–Crippen MR) is 193 cm³/mol. The van der Waals surface area contributed by atoms with Crippen molar-refractivity contribution in [1.82, 2.24) is 0 Å². The van der Waals surface area contributed by atoms with Gasteiger partial charge in [0.2, 0.25) is 0 Å². The number of esters is 3. The van der Waals surface area contributed by atoms with Crippen molar-refractivity contribution in [2.45, 2.75) is 79.2 Å². The number of hydrogen-bond donors (Lipinski definition) is 2. The summed E-state index contributed by atoms with van der Waals surface area (Å²) in [7, 11) is 1.16. The molecular weight excluding hydrogens is 682 g/mol. The van der Waals surface area contributed by atoms with Gasteiger partial charge >= 0.3 is 17.9 Å². The molecule has 0 saturated heterocycles. The maximum Gasteiger partial charge on any atom is 0.312 e. The first-order valence-corrected chi connectivity index (χ1v) is 18.9. The number of rotatable bonds is 25. The highest BCUT2D eigenvalue weighted by Gasteiger charge is 2.51. The molecule has 15 nitrogen and oxygen atoms in total. The molecule has 0 fully saturated rings. The lowest BCUT2D eigenvalue weighted by Crippen LogP contribution is -2.47. The number of benzene rings is 1. The Balaban J connectivity index is 3.39. The van der Waals surface area contributed by atoms with E-state index in [1.165, 1.54) is 7.11 Å². The Hall–Kier alpha value is -3.27. The zero-order valence-electron chi connectivity index (χ0n) is 31.7. The molecule has 3 N–H and O–H groups in total. The van der Waals surface area contributed by atoms with Crippen molar-refractivity contribution < 1.29 is 50.8 Å². The van der Waals surface area contributed by atoms with Crippen LogP contribution < -0.4 is 5.73 Å². The Kier molecular flexibility index (Phi) is 18.6. The van der Waals surface area contributed by atoms with E-state index in [2.05, 4.69) is 10.0 Å². The molecule has 0 bridgehead atoms. The molecule has 0 radical (unpaired) electrons. The number of likely N-dealkylation sites (N-methyl/N-ethyl adjacent to an activating group) is 1. The molecule has 0 spiro atoms. The van der Waals surface area contributed by atoms with Crippen molar-refractivity contribution in [2.24, 2.45) is 27.1 Å². The quantitative estimate of drug-likeness (QED) is 0.0203. The molecule has 0 aliphatic rings. The number of hydrogen-bond acceptors (Lipinski definition) is 11. The summed E-state index contributed by atoms with van der Waals surface area (Å²) in [5.41, 5.74) is 12.4. The van der Waals surface area contributed by atoms with Crippen LogP contribution in [0.15, 0.2) is 29.4 Å². The van der Waals surface area contributed by atoms with Crippen LogP contribution in [0.4, 0.5) is 0 Å². The van der Waals surface area contributed by atoms with Crippen LogP contribution in [0.3, 0.4) is 0 Å². The summed E-state index contributed by atoms with van der Waals surface area (Å²) in [6.07, 6.45) is 0.867. The van der Waals surface area contributed by atoms with Gasteiger partial charge in [0.05, 0.1) is 55.8 Å². The first-order chi connectivity index (χ1) is 23.7. The van der Waals surface area contributed by atoms with E-state index in [1.54, 1.807) is 20.8 Å². The van der Waals surface area contributed by atoms with Gasteiger partial charge in [0, 0.05) is 25.0 Å². The third-order valence-corrected chi connectivity index (χ3v) is 10.2. The average molecular weight is 743 g/mol. The molecule has 4 unspecified atom stereocenters. The molecule has 1 rings (SSSR count). The van der Waals surface area contributed by atoms with Crippen LogP contribution in [0.25, 0.3) is 10.4 Å². The second-order valence-electron chi connectivity index (χ2n) is 14.8. The SMILES string of the molecule is CCC(C)(CC(C)(CC(C)(CC(C)c1ccc(CN=[N+]=[N-])cc1)C(=O)OCCOC)C(=O)OCCN)C(=O)OCC[N+](C)(C)CCCS(=O)(=O)O. The van der Waals surface area contributed by atoms with Gasteiger partial charge in [-0.15, -0.1) is 0 Å². The van der Waals surface area contributed by atoms with Gasteiger partial charge in [-0.25, -0.2) is 0 Å². The summed E-state index contributed by atoms with van der Waals surface area (Å²) in [6, 6.07) is 7.55. The number of ether oxygens (including phenoxy) is 4. The Morgan fingerprint density at radius 1 is 0.922 bits per heavy atom. The van der Waals surface area contributed by atoms with E-state index >= 15 is 0 Å². The fourth-order valence-corrected chi connectivity index (χ4v) is 6.91. The van der Waals surface area contributed by atoms with E-state index in [4.69, 9.17) is 34.8 Å². The molecule has 16 heteroatoms. The molecule has 0 aromatic heterocycles. The Morgan fingerprint density at radius 3 is 2.02 bits per heavy atom. The summed E-state index contributed by atoms with van der Waals surface area (Å²) in [5, 5.41) is 3.60. The number of nitrogens with zero attached hydrogens (tertiary/aromatic N) is 4. The zero-order valence-corrected chi connectivity index (χ0v) is 32.5. The molecule has 51 heavy (non-hydrogen) atoms. The third-order valence-electron chi connectivity index (χ3n) is 9.41. The molecule has 0 amide bonds. The van der Waals surface area contributed by atoms with Crippen molar-refractivity contribution in [2.75, 3.05) is 73.0 Å². The predicted octanol–water partition coefficient (Wildman–Crippen LogP) is 4.79. The van der Waals surface area contributed by atoms with Crippen molar-refractivity contribution in [3.8, 4) is 0 Å². The summed E-state index contributed by atoms with van der Waals surface area (Å²) in [4.78, 5) is 44.3. The number of quaternary nitrogens is 1. The topological polar surface area (TPSA) is 217 Å². The Bertz CT molecular complexity index is 1430. The standard InChI is InChI=1S/C35H59N5O10S/c1-9-33(3,30(41)49-19-17-40(6,7)16-10-22-51(44,45)46)25-35(5,32(43)48-18-15-36)26-34(4,31(42)50-21-20-47-8)23-27(2)29-13-11-28(12-14-29)24-38-39-37/h11-14,27H,9-10,15-26,36H2,1-8H3/p+1. The normalized spacial score (nSPS) is 16.0. The third kappa shape index (κ3) is 15.9. The highest BCUT2D eigenvalue weighted by Crippen LogP contribution is 2.48. The van der Waals surface area contributed by atoms with Crippen LogP contribution >= 0.6 is 0 Å². The zero-order chi connectivity index (χ0) is 38.9. The van der Waals surface area contributed by atoms with Gasteiger partial charge in [-0.2, -0.15) is 8.42 Å². The minimum absolute atomic E-state index is 0.00488. The molecular formula is C35H60N5O10S+. The minimum atomic E-state index is -4.07. The number of nitrogens with two attached hydrogens (primary N) is 1. The maximum absolute atomic E-state index is 13.9. The largest absolute Gasteiger partial charge is 0.464 e. The van der Waals surface area contributed by atoms with E-state index in [1.807, 2.05) is 52.2 Å². The summed E-state index contributed by atoms with van der Waals surface area (Å²) < 4.78 is 53.8. The number of azide groups is 1. The summed E-state index contributed by atoms with van der Waals surface area (Å²) in [5.74, 6) is -2.14. The van der Waals surface area contributed by atoms with Gasteiger partial charge in [-0.1, -0.05) is 43.2 Å². The van der Waals surface area contributed by atoms with Crippen molar-refractivity contribution in [3.63, 3.8) is 0 Å². The molecule has 1 aromatic carbocycles. The minimum Gasteiger partial charge on any atom is -0.464 e. The first-order valence-electron chi connectivity index (χ1n) is 17.3. The fourth-order valence-electron chi connectivity index (χ4n) is 6.42. The maximum atomic E-state index is 13.9. The molecule has 0 saturated carbocycles. The van der Waals surface area contributed by atoms with Crippen LogP contribution in [-0.2, 0) is 50.0 Å². The van der Waals surface area contributed by atoms with Crippen LogP contribution in [0.1, 0.15) is 83.8 Å². The average Bonchev–Trinajstić information content (AvgIpc) is 3.05. The number of methoxy groups -OCH3 is 1. The number of carbonyl (C=O) groups excluding carboxylic acids is 3. The fraction of sp³-hybridized carbons (Fsp3) is 0.743. The van der Waals surface area contributed by atoms with E-state index in [0.29, 0.717) is 30.4 Å². The van der Waals surface area contributed by atoms with Gasteiger partial charge in [-0.3, -0.25) is 18.9 Å². The Labute approximate surface area is 303 Å². The van der Waals surface area contributed by atoms with Gasteiger partial charge in [0.15, 0.2) is 0 Å². The second-order valence-corrected chi connectivity index (χ2v) is 16.4. The van der Waals surface area contributed by atoms with Gasteiger partial charge in [0.25, 0.3) is 10.1 Å². The van der Waals surface area contributed by atoms with E-state index in [-0.39, 0.29) is 70.5 Å². The second kappa shape index (κ2) is 20.7. The molecule has 290 valence electrons. The van der Waals surface area contributed by atoms with E-state index in [0.717, 1.165) is 11.1 Å². The molecule has 1 aromatic rings. The first kappa shape index (κ1) is 45.8. The highest BCUT2D eigenvalue weighted by atomic mass is 32.2. The van der Waals surface area contributed by atoms with Crippen molar-refractivity contribution in [1.29, 1.82) is 0 Å².